The second-order valence-corrected chi connectivity index (χ2v) is 6.63. The molecule has 1 heterocycles. The van der Waals surface area contributed by atoms with Crippen molar-refractivity contribution in [3.05, 3.63) is 58.1 Å². The lowest BCUT2D eigenvalue weighted by atomic mass is 10.1. The Hall–Kier alpha value is -3.55. The van der Waals surface area contributed by atoms with Gasteiger partial charge in [0.1, 0.15) is 0 Å². The lowest BCUT2D eigenvalue weighted by Crippen LogP contribution is -2.17. The van der Waals surface area contributed by atoms with Gasteiger partial charge in [-0.2, -0.15) is 0 Å². The number of rotatable bonds is 8. The van der Waals surface area contributed by atoms with Crippen LogP contribution in [0.4, 0.5) is 0 Å². The Balaban J connectivity index is 1.68. The van der Waals surface area contributed by atoms with E-state index in [0.717, 1.165) is 5.56 Å². The number of aromatic amines is 1. The van der Waals surface area contributed by atoms with Crippen molar-refractivity contribution in [3.8, 4) is 17.2 Å². The number of methoxy groups -OCH3 is 3. The minimum atomic E-state index is -0.685. The summed E-state index contributed by atoms with van der Waals surface area (Å²) in [5, 5.41) is 0.488. The van der Waals surface area contributed by atoms with Crippen LogP contribution in [0.25, 0.3) is 10.9 Å². The molecule has 0 fully saturated rings. The fourth-order valence-electron chi connectivity index (χ4n) is 3.14. The maximum absolute atomic E-state index is 12.4. The molecule has 0 amide bonds. The summed E-state index contributed by atoms with van der Waals surface area (Å²) in [7, 11) is 4.60. The highest BCUT2D eigenvalue weighted by atomic mass is 16.5. The first kappa shape index (κ1) is 21.2. The molecule has 0 radical (unpaired) electrons. The number of aromatic nitrogens is 2. The van der Waals surface area contributed by atoms with E-state index in [0.29, 0.717) is 40.4 Å². The molecule has 0 aliphatic carbocycles. The molecule has 0 aliphatic rings. The van der Waals surface area contributed by atoms with Crippen LogP contribution in [-0.2, 0) is 16.0 Å². The van der Waals surface area contributed by atoms with Crippen LogP contribution in [0.5, 0.6) is 17.2 Å². The third kappa shape index (κ3) is 4.53. The molecule has 0 aliphatic heterocycles. The van der Waals surface area contributed by atoms with E-state index in [-0.39, 0.29) is 12.0 Å². The fraction of sp³-hybridized carbons (Fsp3) is 0.318. The Morgan fingerprint density at radius 1 is 1.07 bits per heavy atom. The zero-order valence-corrected chi connectivity index (χ0v) is 17.4. The summed E-state index contributed by atoms with van der Waals surface area (Å²) >= 11 is 0. The standard InChI is InChI=1S/C22H24N2O6/c1-13(21-23-16-8-6-5-7-15(16)22(26)24-21)30-19(25)10-9-14-11-17(27-2)20(29-4)18(12-14)28-3/h5-8,11-13H,9-10H2,1-4H3,(H,23,24,26)/t13-/m1/s1. The van der Waals surface area contributed by atoms with Gasteiger partial charge in [-0.1, -0.05) is 12.1 Å². The van der Waals surface area contributed by atoms with Crippen molar-refractivity contribution in [2.75, 3.05) is 21.3 Å². The average Bonchev–Trinajstić information content (AvgIpc) is 2.76. The lowest BCUT2D eigenvalue weighted by molar-refractivity contribution is -0.148. The quantitative estimate of drug-likeness (QED) is 0.567. The maximum Gasteiger partial charge on any atom is 0.306 e. The van der Waals surface area contributed by atoms with Crippen LogP contribution in [-0.4, -0.2) is 37.3 Å². The molecule has 0 saturated carbocycles. The Morgan fingerprint density at radius 2 is 1.73 bits per heavy atom. The first-order chi connectivity index (χ1) is 14.5. The van der Waals surface area contributed by atoms with Crippen LogP contribution >= 0.6 is 0 Å². The van der Waals surface area contributed by atoms with E-state index < -0.39 is 12.1 Å². The van der Waals surface area contributed by atoms with Gasteiger partial charge < -0.3 is 23.9 Å². The fourth-order valence-corrected chi connectivity index (χ4v) is 3.14. The zero-order valence-electron chi connectivity index (χ0n) is 17.4. The number of nitrogens with zero attached hydrogens (tertiary/aromatic N) is 1. The van der Waals surface area contributed by atoms with Crippen LogP contribution in [0, 0.1) is 0 Å². The molecular weight excluding hydrogens is 388 g/mol. The highest BCUT2D eigenvalue weighted by molar-refractivity contribution is 5.77. The third-order valence-electron chi connectivity index (χ3n) is 4.67. The highest BCUT2D eigenvalue weighted by Crippen LogP contribution is 2.38. The number of esters is 1. The molecule has 158 valence electrons. The summed E-state index contributed by atoms with van der Waals surface area (Å²) in [6, 6.07) is 10.6. The van der Waals surface area contributed by atoms with Crippen molar-refractivity contribution in [3.63, 3.8) is 0 Å². The molecule has 0 saturated heterocycles. The Bertz CT molecular complexity index is 1080. The molecule has 1 N–H and O–H groups in total. The molecule has 3 rings (SSSR count). The Labute approximate surface area is 173 Å². The number of aryl methyl sites for hydroxylation is 1. The summed E-state index contributed by atoms with van der Waals surface area (Å²) in [5.41, 5.74) is 1.12. The number of para-hydroxylation sites is 1. The number of carbonyl (C=O) groups excluding carboxylic acids is 1. The summed E-state index contributed by atoms with van der Waals surface area (Å²) in [5.74, 6) is 1.43. The third-order valence-corrected chi connectivity index (χ3v) is 4.67. The van der Waals surface area contributed by atoms with E-state index in [1.54, 1.807) is 43.3 Å². The predicted molar refractivity (Wildman–Crippen MR) is 111 cm³/mol. The maximum atomic E-state index is 12.4. The van der Waals surface area contributed by atoms with E-state index in [1.165, 1.54) is 21.3 Å². The van der Waals surface area contributed by atoms with Gasteiger partial charge >= 0.3 is 5.97 Å². The minimum absolute atomic E-state index is 0.140. The van der Waals surface area contributed by atoms with Crippen molar-refractivity contribution in [1.29, 1.82) is 0 Å². The molecule has 3 aromatic rings. The molecule has 0 spiro atoms. The molecule has 2 aromatic carbocycles. The van der Waals surface area contributed by atoms with Gasteiger partial charge in [0.15, 0.2) is 23.4 Å². The van der Waals surface area contributed by atoms with Gasteiger partial charge in [0.25, 0.3) is 5.56 Å². The number of carbonyl (C=O) groups is 1. The van der Waals surface area contributed by atoms with E-state index in [1.807, 2.05) is 0 Å². The van der Waals surface area contributed by atoms with Crippen molar-refractivity contribution < 1.29 is 23.7 Å². The average molecular weight is 412 g/mol. The van der Waals surface area contributed by atoms with Gasteiger partial charge in [0, 0.05) is 6.42 Å². The summed E-state index contributed by atoms with van der Waals surface area (Å²) in [6.45, 7) is 1.67. The van der Waals surface area contributed by atoms with Crippen molar-refractivity contribution in [2.24, 2.45) is 0 Å². The minimum Gasteiger partial charge on any atom is -0.493 e. The Kier molecular flexibility index (Phi) is 6.56. The van der Waals surface area contributed by atoms with Gasteiger partial charge in [-0.25, -0.2) is 4.98 Å². The normalized spacial score (nSPS) is 11.7. The van der Waals surface area contributed by atoms with E-state index >= 15 is 0 Å². The van der Waals surface area contributed by atoms with Crippen molar-refractivity contribution >= 4 is 16.9 Å². The molecule has 8 nitrogen and oxygen atoms in total. The molecule has 8 heteroatoms. The lowest BCUT2D eigenvalue weighted by Gasteiger charge is -2.15. The first-order valence-corrected chi connectivity index (χ1v) is 9.44. The van der Waals surface area contributed by atoms with Gasteiger partial charge in [-0.05, 0) is 43.2 Å². The molecule has 1 atom stereocenters. The van der Waals surface area contributed by atoms with Gasteiger partial charge in [-0.3, -0.25) is 9.59 Å². The van der Waals surface area contributed by atoms with Crippen LogP contribution in [0.1, 0.15) is 30.8 Å². The van der Waals surface area contributed by atoms with Crippen LogP contribution in [0.15, 0.2) is 41.2 Å². The van der Waals surface area contributed by atoms with Crippen LogP contribution in [0.3, 0.4) is 0 Å². The molecule has 0 unspecified atom stereocenters. The van der Waals surface area contributed by atoms with E-state index in [2.05, 4.69) is 9.97 Å². The van der Waals surface area contributed by atoms with E-state index in [4.69, 9.17) is 18.9 Å². The number of hydrogen-bond acceptors (Lipinski definition) is 7. The summed E-state index contributed by atoms with van der Waals surface area (Å²) in [4.78, 5) is 31.6. The largest absolute Gasteiger partial charge is 0.493 e. The number of hydrogen-bond donors (Lipinski definition) is 1. The smallest absolute Gasteiger partial charge is 0.306 e. The zero-order chi connectivity index (χ0) is 21.7. The Morgan fingerprint density at radius 3 is 2.37 bits per heavy atom. The summed E-state index contributed by atoms with van der Waals surface area (Å²) in [6.07, 6.45) is -0.125. The van der Waals surface area contributed by atoms with E-state index in [9.17, 15) is 9.59 Å². The number of ether oxygens (including phenoxy) is 4. The number of nitrogens with one attached hydrogen (secondary N) is 1. The second kappa shape index (κ2) is 9.30. The monoisotopic (exact) mass is 412 g/mol. The van der Waals surface area contributed by atoms with Crippen molar-refractivity contribution in [2.45, 2.75) is 25.9 Å². The SMILES string of the molecule is COc1cc(CCC(=O)O[C@H](C)c2nc3ccccc3c(=O)[nH]2)cc(OC)c1OC. The van der Waals surface area contributed by atoms with Gasteiger partial charge in [-0.15, -0.1) is 0 Å². The summed E-state index contributed by atoms with van der Waals surface area (Å²) < 4.78 is 21.4. The first-order valence-electron chi connectivity index (χ1n) is 9.44. The van der Waals surface area contributed by atoms with Gasteiger partial charge in [0.2, 0.25) is 5.75 Å². The molecule has 0 bridgehead atoms. The topological polar surface area (TPSA) is 99.7 Å². The highest BCUT2D eigenvalue weighted by Gasteiger charge is 2.17. The molecule has 30 heavy (non-hydrogen) atoms. The second-order valence-electron chi connectivity index (χ2n) is 6.63. The molecule has 1 aromatic heterocycles. The van der Waals surface area contributed by atoms with Gasteiger partial charge in [0.05, 0.1) is 32.2 Å². The van der Waals surface area contributed by atoms with Crippen molar-refractivity contribution in [1.82, 2.24) is 9.97 Å². The number of benzene rings is 2. The van der Waals surface area contributed by atoms with Crippen LogP contribution in [0.2, 0.25) is 0 Å². The number of H-pyrrole nitrogens is 1. The van der Waals surface area contributed by atoms with Crippen LogP contribution < -0.4 is 19.8 Å². The number of fused-ring (bicyclic) bond motifs is 1. The predicted octanol–water partition coefficient (Wildman–Crippen LogP) is 3.19. The molecular formula is C22H24N2O6.